The van der Waals surface area contributed by atoms with Crippen LogP contribution in [0.2, 0.25) is 0 Å². The first-order chi connectivity index (χ1) is 8.99. The molecule has 0 spiro atoms. The van der Waals surface area contributed by atoms with E-state index in [1.807, 2.05) is 0 Å². The van der Waals surface area contributed by atoms with Crippen molar-refractivity contribution in [1.82, 2.24) is 0 Å². The van der Waals surface area contributed by atoms with Gasteiger partial charge in [-0.15, -0.1) is 0 Å². The summed E-state index contributed by atoms with van der Waals surface area (Å²) in [5.74, 6) is 0.116. The Labute approximate surface area is 117 Å². The molecule has 0 aliphatic carbocycles. The lowest BCUT2D eigenvalue weighted by molar-refractivity contribution is 0.217. The smallest absolute Gasteiger partial charge is 0.0690 e. The summed E-state index contributed by atoms with van der Waals surface area (Å²) in [7, 11) is 0. The molecule has 1 aromatic carbocycles. The standard InChI is InChI=1S/C17H24N2/c1-5-14-8-6-7-13(2)16(14)19-10-9-17(3,4)15(11-18)12-19/h6-8,15H,5,9-10,12H2,1-4H3. The Morgan fingerprint density at radius 2 is 2.16 bits per heavy atom. The van der Waals surface area contributed by atoms with Gasteiger partial charge in [-0.2, -0.15) is 5.26 Å². The normalized spacial score (nSPS) is 22.1. The van der Waals surface area contributed by atoms with Gasteiger partial charge in [0.05, 0.1) is 12.0 Å². The molecule has 0 radical (unpaired) electrons. The van der Waals surface area contributed by atoms with Crippen LogP contribution in [0.4, 0.5) is 5.69 Å². The molecular weight excluding hydrogens is 232 g/mol. The van der Waals surface area contributed by atoms with E-state index in [0.29, 0.717) is 0 Å². The number of nitriles is 1. The Morgan fingerprint density at radius 1 is 1.42 bits per heavy atom. The number of aryl methyl sites for hydroxylation is 2. The number of rotatable bonds is 2. The van der Waals surface area contributed by atoms with E-state index in [1.165, 1.54) is 16.8 Å². The predicted octanol–water partition coefficient (Wildman–Crippen LogP) is 3.93. The monoisotopic (exact) mass is 256 g/mol. The molecule has 1 aromatic rings. The molecular formula is C17H24N2. The minimum absolute atomic E-state index is 0.116. The molecule has 102 valence electrons. The highest BCUT2D eigenvalue weighted by molar-refractivity contribution is 5.60. The van der Waals surface area contributed by atoms with Crippen molar-refractivity contribution in [3.05, 3.63) is 29.3 Å². The molecule has 1 saturated heterocycles. The van der Waals surface area contributed by atoms with Crippen molar-refractivity contribution in [2.75, 3.05) is 18.0 Å². The summed E-state index contributed by atoms with van der Waals surface area (Å²) < 4.78 is 0. The van der Waals surface area contributed by atoms with Gasteiger partial charge in [0, 0.05) is 18.8 Å². The van der Waals surface area contributed by atoms with E-state index in [0.717, 1.165) is 25.9 Å². The van der Waals surface area contributed by atoms with Gasteiger partial charge < -0.3 is 4.90 Å². The van der Waals surface area contributed by atoms with Gasteiger partial charge in [0.15, 0.2) is 0 Å². The zero-order valence-corrected chi connectivity index (χ0v) is 12.5. The molecule has 1 fully saturated rings. The Kier molecular flexibility index (Phi) is 3.85. The molecule has 0 saturated carbocycles. The first-order valence-corrected chi connectivity index (χ1v) is 7.22. The second-order valence-corrected chi connectivity index (χ2v) is 6.30. The summed E-state index contributed by atoms with van der Waals surface area (Å²) in [6.07, 6.45) is 2.14. The second-order valence-electron chi connectivity index (χ2n) is 6.30. The highest BCUT2D eigenvalue weighted by atomic mass is 15.1. The van der Waals surface area contributed by atoms with Gasteiger partial charge >= 0.3 is 0 Å². The van der Waals surface area contributed by atoms with Gasteiger partial charge in [0.25, 0.3) is 0 Å². The van der Waals surface area contributed by atoms with Crippen LogP contribution in [-0.4, -0.2) is 13.1 Å². The lowest BCUT2D eigenvalue weighted by Gasteiger charge is -2.42. The maximum Gasteiger partial charge on any atom is 0.0690 e. The zero-order chi connectivity index (χ0) is 14.0. The molecule has 0 N–H and O–H groups in total. The molecule has 0 amide bonds. The van der Waals surface area contributed by atoms with Crippen molar-refractivity contribution >= 4 is 5.69 Å². The number of hydrogen-bond donors (Lipinski definition) is 0. The lowest BCUT2D eigenvalue weighted by Crippen LogP contribution is -2.44. The SMILES string of the molecule is CCc1cccc(C)c1N1CCC(C)(C)C(C#N)C1. The van der Waals surface area contributed by atoms with Crippen molar-refractivity contribution < 1.29 is 0 Å². The van der Waals surface area contributed by atoms with Crippen LogP contribution in [0.25, 0.3) is 0 Å². The molecule has 2 rings (SSSR count). The fourth-order valence-electron chi connectivity index (χ4n) is 3.03. The van der Waals surface area contributed by atoms with E-state index in [2.05, 4.69) is 56.9 Å². The van der Waals surface area contributed by atoms with Crippen molar-refractivity contribution in [1.29, 1.82) is 5.26 Å². The van der Waals surface area contributed by atoms with E-state index < -0.39 is 0 Å². The molecule has 0 bridgehead atoms. The van der Waals surface area contributed by atoms with Crippen LogP contribution < -0.4 is 4.90 Å². The molecule has 19 heavy (non-hydrogen) atoms. The number of benzene rings is 1. The quantitative estimate of drug-likeness (QED) is 0.801. The van der Waals surface area contributed by atoms with Gasteiger partial charge in [-0.25, -0.2) is 0 Å². The number of para-hydroxylation sites is 1. The first kappa shape index (κ1) is 13.9. The zero-order valence-electron chi connectivity index (χ0n) is 12.5. The van der Waals surface area contributed by atoms with Gasteiger partial charge in [0.2, 0.25) is 0 Å². The van der Waals surface area contributed by atoms with Crippen LogP contribution >= 0.6 is 0 Å². The van der Waals surface area contributed by atoms with E-state index >= 15 is 0 Å². The molecule has 1 aliphatic heterocycles. The molecule has 2 heteroatoms. The molecule has 0 aromatic heterocycles. The number of nitrogens with zero attached hydrogens (tertiary/aromatic N) is 2. The van der Waals surface area contributed by atoms with Crippen molar-refractivity contribution in [2.45, 2.75) is 40.5 Å². The molecule has 1 heterocycles. The van der Waals surface area contributed by atoms with Crippen molar-refractivity contribution in [3.8, 4) is 6.07 Å². The van der Waals surface area contributed by atoms with E-state index in [9.17, 15) is 5.26 Å². The summed E-state index contributed by atoms with van der Waals surface area (Å²) in [5.41, 5.74) is 4.23. The van der Waals surface area contributed by atoms with Crippen LogP contribution in [0.15, 0.2) is 18.2 Å². The number of piperidine rings is 1. The first-order valence-electron chi connectivity index (χ1n) is 7.22. The van der Waals surface area contributed by atoms with Crippen LogP contribution in [0.5, 0.6) is 0 Å². The highest BCUT2D eigenvalue weighted by Gasteiger charge is 2.36. The third-order valence-corrected chi connectivity index (χ3v) is 4.55. The Bertz CT molecular complexity index is 496. The Hall–Kier alpha value is -1.49. The average Bonchev–Trinajstić information content (AvgIpc) is 2.38. The van der Waals surface area contributed by atoms with E-state index in [-0.39, 0.29) is 11.3 Å². The summed E-state index contributed by atoms with van der Waals surface area (Å²) >= 11 is 0. The third kappa shape index (κ3) is 2.61. The van der Waals surface area contributed by atoms with Gasteiger partial charge in [0.1, 0.15) is 0 Å². The van der Waals surface area contributed by atoms with Crippen LogP contribution in [-0.2, 0) is 6.42 Å². The minimum atomic E-state index is 0.116. The summed E-state index contributed by atoms with van der Waals surface area (Å²) in [4.78, 5) is 2.42. The average molecular weight is 256 g/mol. The van der Waals surface area contributed by atoms with Gasteiger partial charge in [-0.05, 0) is 36.3 Å². The predicted molar refractivity (Wildman–Crippen MR) is 80.3 cm³/mol. The molecule has 1 atom stereocenters. The number of hydrogen-bond acceptors (Lipinski definition) is 2. The summed E-state index contributed by atoms with van der Waals surface area (Å²) in [5, 5.41) is 9.41. The van der Waals surface area contributed by atoms with Crippen LogP contribution in [0.3, 0.4) is 0 Å². The largest absolute Gasteiger partial charge is 0.370 e. The second kappa shape index (κ2) is 5.25. The highest BCUT2D eigenvalue weighted by Crippen LogP contribution is 2.38. The summed E-state index contributed by atoms with van der Waals surface area (Å²) in [6, 6.07) is 9.03. The minimum Gasteiger partial charge on any atom is -0.370 e. The molecule has 2 nitrogen and oxygen atoms in total. The van der Waals surface area contributed by atoms with Crippen LogP contribution in [0, 0.1) is 29.6 Å². The Morgan fingerprint density at radius 3 is 2.79 bits per heavy atom. The fourth-order valence-corrected chi connectivity index (χ4v) is 3.03. The Balaban J connectivity index is 2.32. The van der Waals surface area contributed by atoms with Gasteiger partial charge in [-0.1, -0.05) is 39.0 Å². The maximum atomic E-state index is 9.41. The third-order valence-electron chi connectivity index (χ3n) is 4.55. The van der Waals surface area contributed by atoms with E-state index in [1.54, 1.807) is 0 Å². The number of anilines is 1. The molecule has 1 aliphatic rings. The lowest BCUT2D eigenvalue weighted by atomic mass is 9.74. The fraction of sp³-hybridized carbons (Fsp3) is 0.588. The maximum absolute atomic E-state index is 9.41. The van der Waals surface area contributed by atoms with E-state index in [4.69, 9.17) is 0 Å². The van der Waals surface area contributed by atoms with Crippen LogP contribution in [0.1, 0.15) is 38.3 Å². The van der Waals surface area contributed by atoms with Crippen molar-refractivity contribution in [2.24, 2.45) is 11.3 Å². The summed E-state index contributed by atoms with van der Waals surface area (Å²) in [6.45, 7) is 10.7. The topological polar surface area (TPSA) is 27.0 Å². The molecule has 1 unspecified atom stereocenters. The van der Waals surface area contributed by atoms with Crippen molar-refractivity contribution in [3.63, 3.8) is 0 Å². The van der Waals surface area contributed by atoms with Gasteiger partial charge in [-0.3, -0.25) is 0 Å².